The van der Waals surface area contributed by atoms with E-state index >= 15 is 0 Å². The Morgan fingerprint density at radius 1 is 1.03 bits per heavy atom. The number of anilines is 2. The summed E-state index contributed by atoms with van der Waals surface area (Å²) in [7, 11) is 1.50. The van der Waals surface area contributed by atoms with E-state index in [9.17, 15) is 8.78 Å². The van der Waals surface area contributed by atoms with Gasteiger partial charge in [-0.25, -0.2) is 13.8 Å². The minimum Gasteiger partial charge on any atom is -0.379 e. The SMILES string of the molecule is CN.Fc1cccc(CNc2cc(-c3cc(NC4CCCCC4)ncc3Cl)ccc2F)c1. The Bertz CT molecular complexity index is 1020. The zero-order valence-corrected chi connectivity index (χ0v) is 18.9. The molecule has 7 heteroatoms. The monoisotopic (exact) mass is 458 g/mol. The van der Waals surface area contributed by atoms with E-state index in [0.717, 1.165) is 35.3 Å². The Morgan fingerprint density at radius 2 is 1.81 bits per heavy atom. The number of pyridine rings is 1. The van der Waals surface area contributed by atoms with Crippen LogP contribution in [0.25, 0.3) is 11.1 Å². The van der Waals surface area contributed by atoms with E-state index in [4.69, 9.17) is 11.6 Å². The average Bonchev–Trinajstić information content (AvgIpc) is 2.82. The molecule has 0 unspecified atom stereocenters. The molecule has 1 fully saturated rings. The van der Waals surface area contributed by atoms with Crippen molar-refractivity contribution >= 4 is 23.1 Å². The van der Waals surface area contributed by atoms with Crippen molar-refractivity contribution in [3.8, 4) is 11.1 Å². The smallest absolute Gasteiger partial charge is 0.146 e. The molecule has 2 aromatic carbocycles. The predicted octanol–water partition coefficient (Wildman–Crippen LogP) is 6.61. The zero-order valence-electron chi connectivity index (χ0n) is 18.2. The Morgan fingerprint density at radius 3 is 2.56 bits per heavy atom. The molecular formula is C25H29ClF2N4. The molecule has 0 aliphatic heterocycles. The number of halogens is 3. The van der Waals surface area contributed by atoms with Crippen LogP contribution >= 0.6 is 11.6 Å². The lowest BCUT2D eigenvalue weighted by Crippen LogP contribution is -2.22. The number of hydrogen-bond donors (Lipinski definition) is 3. The Hall–Kier alpha value is -2.70. The summed E-state index contributed by atoms with van der Waals surface area (Å²) in [6.07, 6.45) is 7.67. The molecule has 4 rings (SSSR count). The van der Waals surface area contributed by atoms with Crippen molar-refractivity contribution in [2.75, 3.05) is 17.7 Å². The molecule has 3 aromatic rings. The van der Waals surface area contributed by atoms with Gasteiger partial charge in [0.2, 0.25) is 0 Å². The quantitative estimate of drug-likeness (QED) is 0.388. The molecule has 0 saturated heterocycles. The van der Waals surface area contributed by atoms with Gasteiger partial charge in [-0.1, -0.05) is 49.1 Å². The van der Waals surface area contributed by atoms with Gasteiger partial charge in [0.15, 0.2) is 0 Å². The van der Waals surface area contributed by atoms with Gasteiger partial charge in [0.25, 0.3) is 0 Å². The summed E-state index contributed by atoms with van der Waals surface area (Å²) in [5, 5.41) is 7.06. The largest absolute Gasteiger partial charge is 0.379 e. The number of benzene rings is 2. The third kappa shape index (κ3) is 6.40. The van der Waals surface area contributed by atoms with Gasteiger partial charge < -0.3 is 16.4 Å². The molecule has 1 aromatic heterocycles. The molecule has 0 amide bonds. The number of nitrogens with one attached hydrogen (secondary N) is 2. The summed E-state index contributed by atoms with van der Waals surface area (Å²) < 4.78 is 27.7. The van der Waals surface area contributed by atoms with Crippen LogP contribution in [-0.2, 0) is 6.54 Å². The van der Waals surface area contributed by atoms with E-state index in [2.05, 4.69) is 21.4 Å². The van der Waals surface area contributed by atoms with E-state index in [0.29, 0.717) is 23.3 Å². The molecule has 1 heterocycles. The van der Waals surface area contributed by atoms with Crippen LogP contribution in [0.2, 0.25) is 5.02 Å². The van der Waals surface area contributed by atoms with Crippen molar-refractivity contribution in [3.05, 3.63) is 76.9 Å². The first-order valence-corrected chi connectivity index (χ1v) is 11.2. The molecule has 0 bridgehead atoms. The lowest BCUT2D eigenvalue weighted by atomic mass is 9.95. The summed E-state index contributed by atoms with van der Waals surface area (Å²) in [6, 6.07) is 13.4. The van der Waals surface area contributed by atoms with Crippen molar-refractivity contribution in [3.63, 3.8) is 0 Å². The number of nitrogens with zero attached hydrogens (tertiary/aromatic N) is 1. The highest BCUT2D eigenvalue weighted by atomic mass is 35.5. The van der Waals surface area contributed by atoms with Crippen LogP contribution < -0.4 is 16.4 Å². The zero-order chi connectivity index (χ0) is 22.9. The van der Waals surface area contributed by atoms with Gasteiger partial charge in [0.1, 0.15) is 17.5 Å². The molecule has 0 atom stereocenters. The second-order valence-electron chi connectivity index (χ2n) is 7.71. The van der Waals surface area contributed by atoms with Crippen LogP contribution in [0.3, 0.4) is 0 Å². The van der Waals surface area contributed by atoms with Crippen LogP contribution in [0.15, 0.2) is 54.7 Å². The van der Waals surface area contributed by atoms with E-state index in [1.165, 1.54) is 44.5 Å². The molecule has 4 nitrogen and oxygen atoms in total. The molecule has 1 aliphatic carbocycles. The average molecular weight is 459 g/mol. The van der Waals surface area contributed by atoms with Gasteiger partial charge in [0, 0.05) is 24.3 Å². The van der Waals surface area contributed by atoms with Crippen LogP contribution in [0.1, 0.15) is 37.7 Å². The number of hydrogen-bond acceptors (Lipinski definition) is 4. The van der Waals surface area contributed by atoms with Crippen molar-refractivity contribution in [1.29, 1.82) is 0 Å². The van der Waals surface area contributed by atoms with Crippen molar-refractivity contribution in [2.45, 2.75) is 44.7 Å². The highest BCUT2D eigenvalue weighted by molar-refractivity contribution is 6.33. The van der Waals surface area contributed by atoms with Crippen molar-refractivity contribution in [1.82, 2.24) is 4.98 Å². The molecule has 1 saturated carbocycles. The molecule has 32 heavy (non-hydrogen) atoms. The van der Waals surface area contributed by atoms with Gasteiger partial charge in [-0.15, -0.1) is 0 Å². The summed E-state index contributed by atoms with van der Waals surface area (Å²) in [5.41, 5.74) is 7.16. The summed E-state index contributed by atoms with van der Waals surface area (Å²) in [5.74, 6) is 0.0888. The summed E-state index contributed by atoms with van der Waals surface area (Å²) >= 11 is 6.41. The molecule has 1 aliphatic rings. The predicted molar refractivity (Wildman–Crippen MR) is 129 cm³/mol. The first kappa shape index (κ1) is 24.0. The van der Waals surface area contributed by atoms with Crippen molar-refractivity contribution in [2.24, 2.45) is 5.73 Å². The first-order chi connectivity index (χ1) is 15.6. The van der Waals surface area contributed by atoms with Gasteiger partial charge >= 0.3 is 0 Å². The fraction of sp³-hybridized carbons (Fsp3) is 0.320. The fourth-order valence-electron chi connectivity index (χ4n) is 3.87. The number of rotatable bonds is 6. The maximum atomic E-state index is 14.4. The normalized spacial score (nSPS) is 13.8. The van der Waals surface area contributed by atoms with E-state index < -0.39 is 0 Å². The summed E-state index contributed by atoms with van der Waals surface area (Å²) in [4.78, 5) is 4.41. The topological polar surface area (TPSA) is 63.0 Å². The van der Waals surface area contributed by atoms with Crippen LogP contribution in [0.5, 0.6) is 0 Å². The highest BCUT2D eigenvalue weighted by Gasteiger charge is 2.15. The second kappa shape index (κ2) is 11.8. The van der Waals surface area contributed by atoms with Crippen molar-refractivity contribution < 1.29 is 8.78 Å². The Balaban J connectivity index is 0.00000141. The van der Waals surface area contributed by atoms with Crippen LogP contribution in [0, 0.1) is 11.6 Å². The summed E-state index contributed by atoms with van der Waals surface area (Å²) in [6.45, 7) is 0.316. The first-order valence-electron chi connectivity index (χ1n) is 10.9. The minimum atomic E-state index is -0.374. The van der Waals surface area contributed by atoms with Crippen LogP contribution in [-0.4, -0.2) is 18.1 Å². The maximum absolute atomic E-state index is 14.4. The third-order valence-corrected chi connectivity index (χ3v) is 5.76. The molecule has 4 N–H and O–H groups in total. The molecule has 170 valence electrons. The Kier molecular flexibility index (Phi) is 8.82. The van der Waals surface area contributed by atoms with E-state index in [1.54, 1.807) is 30.5 Å². The van der Waals surface area contributed by atoms with Gasteiger partial charge in [0.05, 0.1) is 10.7 Å². The molecule has 0 radical (unpaired) electrons. The highest BCUT2D eigenvalue weighted by Crippen LogP contribution is 2.33. The maximum Gasteiger partial charge on any atom is 0.146 e. The lowest BCUT2D eigenvalue weighted by molar-refractivity contribution is 0.462. The van der Waals surface area contributed by atoms with Gasteiger partial charge in [-0.3, -0.25) is 0 Å². The standard InChI is InChI=1S/C24H24ClF2N3.CH5N/c25-21-15-29-24(30-19-7-2-1-3-8-19)13-20(21)17-9-10-22(27)23(12-17)28-14-16-5-4-6-18(26)11-16;1-2/h4-6,9-13,15,19,28H,1-3,7-8,14H2,(H,29,30);2H2,1H3. The van der Waals surface area contributed by atoms with E-state index in [1.807, 2.05) is 6.07 Å². The second-order valence-corrected chi connectivity index (χ2v) is 8.11. The number of nitrogens with two attached hydrogens (primary N) is 1. The number of aromatic nitrogens is 1. The van der Waals surface area contributed by atoms with Gasteiger partial charge in [-0.05, 0) is 61.3 Å². The molecule has 0 spiro atoms. The van der Waals surface area contributed by atoms with Gasteiger partial charge in [-0.2, -0.15) is 0 Å². The molecular weight excluding hydrogens is 430 g/mol. The van der Waals surface area contributed by atoms with E-state index in [-0.39, 0.29) is 11.6 Å². The fourth-order valence-corrected chi connectivity index (χ4v) is 4.08. The lowest BCUT2D eigenvalue weighted by Gasteiger charge is -2.23. The third-order valence-electron chi connectivity index (χ3n) is 5.46. The van der Waals surface area contributed by atoms with Crippen LogP contribution in [0.4, 0.5) is 20.3 Å². The minimum absolute atomic E-state index is 0.315. The Labute approximate surface area is 193 Å².